The minimum Gasteiger partial charge on any atom is -0.482 e. The molecule has 0 heterocycles. The standard InChI is InChI=1S/C33H34O2.2W/c1-20-9-21(2)12-30(11-20)34-32-24(5)15-28(16-25(32)6)19-29-17-26(7)33(27(8)18-29)35-31-13-22(3)10-23(4)14-31;;/h11-18H,19H2,1-8H3;;/q-2;;. The molecule has 0 atom stereocenters. The minimum absolute atomic E-state index is 0. The van der Waals surface area contributed by atoms with Gasteiger partial charge in [0.05, 0.1) is 0 Å². The van der Waals surface area contributed by atoms with E-state index >= 15 is 0 Å². The first kappa shape index (κ1) is 31.1. The average molecular weight is 830 g/mol. The first-order chi connectivity index (χ1) is 16.6. The summed E-state index contributed by atoms with van der Waals surface area (Å²) in [6, 6.07) is 23.7. The third kappa shape index (κ3) is 7.92. The van der Waals surface area contributed by atoms with E-state index in [1.807, 2.05) is 52.0 Å². The molecule has 0 spiro atoms. The van der Waals surface area contributed by atoms with E-state index in [0.717, 1.165) is 73.9 Å². The first-order valence-electron chi connectivity index (χ1n) is 12.1. The Morgan fingerprint density at radius 1 is 0.459 bits per heavy atom. The molecule has 0 N–H and O–H groups in total. The van der Waals surface area contributed by atoms with Crippen LogP contribution in [0.1, 0.15) is 55.6 Å². The number of rotatable bonds is 6. The fraction of sp³-hybridized carbons (Fsp3) is 0.273. The predicted molar refractivity (Wildman–Crippen MR) is 144 cm³/mol. The number of hydrogen-bond donors (Lipinski definition) is 0. The summed E-state index contributed by atoms with van der Waals surface area (Å²) in [6.07, 6.45) is 0.862. The second kappa shape index (κ2) is 13.1. The van der Waals surface area contributed by atoms with Crippen molar-refractivity contribution < 1.29 is 51.6 Å². The van der Waals surface area contributed by atoms with Crippen LogP contribution in [0.15, 0.2) is 48.5 Å². The molecule has 0 aromatic heterocycles. The molecular formula is C33H34O2W2-2. The van der Waals surface area contributed by atoms with Crippen molar-refractivity contribution in [1.82, 2.24) is 0 Å². The van der Waals surface area contributed by atoms with E-state index in [-0.39, 0.29) is 42.1 Å². The Morgan fingerprint density at radius 2 is 0.730 bits per heavy atom. The van der Waals surface area contributed by atoms with Gasteiger partial charge in [0, 0.05) is 53.6 Å². The van der Waals surface area contributed by atoms with Crippen molar-refractivity contribution >= 4 is 0 Å². The Hall–Kier alpha value is -2.14. The summed E-state index contributed by atoms with van der Waals surface area (Å²) in [5, 5.41) is 0. The quantitative estimate of drug-likeness (QED) is 0.181. The van der Waals surface area contributed by atoms with Crippen LogP contribution in [0.4, 0.5) is 0 Å². The third-order valence-electron chi connectivity index (χ3n) is 6.11. The molecule has 4 rings (SSSR count). The summed E-state index contributed by atoms with van der Waals surface area (Å²) in [5.41, 5.74) is 11.5. The van der Waals surface area contributed by atoms with Gasteiger partial charge >= 0.3 is 0 Å². The van der Waals surface area contributed by atoms with E-state index in [4.69, 9.17) is 9.47 Å². The van der Waals surface area contributed by atoms with Crippen LogP contribution in [0, 0.1) is 67.5 Å². The average Bonchev–Trinajstić information content (AvgIpc) is 2.72. The van der Waals surface area contributed by atoms with Gasteiger partial charge < -0.3 is 9.47 Å². The van der Waals surface area contributed by atoms with Crippen molar-refractivity contribution in [3.8, 4) is 23.0 Å². The molecule has 0 saturated carbocycles. The Kier molecular flexibility index (Phi) is 11.0. The van der Waals surface area contributed by atoms with Gasteiger partial charge in [-0.05, 0) is 67.5 Å². The van der Waals surface area contributed by atoms with E-state index in [0.29, 0.717) is 0 Å². The topological polar surface area (TPSA) is 18.5 Å². The van der Waals surface area contributed by atoms with Crippen LogP contribution in [-0.4, -0.2) is 0 Å². The molecule has 37 heavy (non-hydrogen) atoms. The molecule has 0 radical (unpaired) electrons. The van der Waals surface area contributed by atoms with Crippen LogP contribution in [0.3, 0.4) is 0 Å². The molecule has 4 heteroatoms. The van der Waals surface area contributed by atoms with Gasteiger partial charge in [0.1, 0.15) is 11.5 Å². The molecule has 0 bridgehead atoms. The Bertz CT molecular complexity index is 1210. The van der Waals surface area contributed by atoms with Gasteiger partial charge in [-0.3, -0.25) is 0 Å². The van der Waals surface area contributed by atoms with Crippen LogP contribution in [-0.2, 0) is 48.6 Å². The van der Waals surface area contributed by atoms with Crippen molar-refractivity contribution in [2.75, 3.05) is 0 Å². The summed E-state index contributed by atoms with van der Waals surface area (Å²) in [7, 11) is 0. The van der Waals surface area contributed by atoms with Gasteiger partial charge in [0.25, 0.3) is 0 Å². The minimum atomic E-state index is 0. The zero-order chi connectivity index (χ0) is 25.3. The van der Waals surface area contributed by atoms with E-state index in [1.165, 1.54) is 11.1 Å². The van der Waals surface area contributed by atoms with Gasteiger partial charge in [0.2, 0.25) is 0 Å². The molecule has 0 aliphatic carbocycles. The Balaban J connectivity index is 0.00000241. The Morgan fingerprint density at radius 3 is 1.00 bits per heavy atom. The summed E-state index contributed by atoms with van der Waals surface area (Å²) < 4.78 is 12.6. The second-order valence-corrected chi connectivity index (χ2v) is 9.86. The molecule has 0 amide bonds. The van der Waals surface area contributed by atoms with E-state index in [1.54, 1.807) is 0 Å². The third-order valence-corrected chi connectivity index (χ3v) is 6.11. The summed E-state index contributed by atoms with van der Waals surface area (Å²) >= 11 is 0. The fourth-order valence-electron chi connectivity index (χ4n) is 4.90. The molecule has 0 aliphatic heterocycles. The van der Waals surface area contributed by atoms with Gasteiger partial charge in [-0.1, -0.05) is 52.0 Å². The van der Waals surface area contributed by atoms with Crippen molar-refractivity contribution in [2.45, 2.75) is 61.8 Å². The maximum Gasteiger partial charge on any atom is 0.130 e. The van der Waals surface area contributed by atoms with Crippen LogP contribution in [0.2, 0.25) is 0 Å². The SMILES string of the molecule is Cc1[c-]c(C)cc(Oc2c(C)cc(Cc3cc(C)c(Oc4cc(C)[c-]c(C)c4)c(C)c3)cc2C)c1.[W].[W]. The van der Waals surface area contributed by atoms with Crippen molar-refractivity contribution in [1.29, 1.82) is 0 Å². The molecule has 0 unspecified atom stereocenters. The largest absolute Gasteiger partial charge is 0.482 e. The Labute approximate surface area is 251 Å². The van der Waals surface area contributed by atoms with Crippen LogP contribution in [0.5, 0.6) is 23.0 Å². The number of benzene rings is 4. The fourth-order valence-corrected chi connectivity index (χ4v) is 4.90. The van der Waals surface area contributed by atoms with Crippen molar-refractivity contribution in [2.24, 2.45) is 0 Å². The number of aryl methyl sites for hydroxylation is 8. The second-order valence-electron chi connectivity index (χ2n) is 9.86. The van der Waals surface area contributed by atoms with Crippen LogP contribution >= 0.6 is 0 Å². The number of hydrogen-bond acceptors (Lipinski definition) is 2. The normalized spacial score (nSPS) is 10.4. The monoisotopic (exact) mass is 830 g/mol. The van der Waals surface area contributed by atoms with Gasteiger partial charge in [0.15, 0.2) is 0 Å². The van der Waals surface area contributed by atoms with Gasteiger partial charge in [-0.25, -0.2) is 0 Å². The summed E-state index contributed by atoms with van der Waals surface area (Å²) in [6.45, 7) is 16.7. The number of ether oxygens (including phenoxy) is 2. The van der Waals surface area contributed by atoms with Gasteiger partial charge in [-0.2, -0.15) is 34.4 Å². The maximum absolute atomic E-state index is 6.30. The van der Waals surface area contributed by atoms with E-state index in [2.05, 4.69) is 64.1 Å². The smallest absolute Gasteiger partial charge is 0.130 e. The van der Waals surface area contributed by atoms with Crippen molar-refractivity contribution in [3.63, 3.8) is 0 Å². The van der Waals surface area contributed by atoms with Gasteiger partial charge in [-0.15, -0.1) is 24.3 Å². The summed E-state index contributed by atoms with van der Waals surface area (Å²) in [5.74, 6) is 3.59. The van der Waals surface area contributed by atoms with Crippen LogP contribution < -0.4 is 9.47 Å². The molecule has 0 aliphatic rings. The molecule has 192 valence electrons. The molecular weight excluding hydrogens is 796 g/mol. The summed E-state index contributed by atoms with van der Waals surface area (Å²) in [4.78, 5) is 0. The van der Waals surface area contributed by atoms with Crippen molar-refractivity contribution in [3.05, 3.63) is 116 Å². The van der Waals surface area contributed by atoms with Crippen LogP contribution in [0.25, 0.3) is 0 Å². The van der Waals surface area contributed by atoms with E-state index in [9.17, 15) is 0 Å². The molecule has 4 aromatic carbocycles. The molecule has 4 aromatic rings. The molecule has 2 nitrogen and oxygen atoms in total. The molecule has 0 fully saturated rings. The molecule has 0 saturated heterocycles. The maximum atomic E-state index is 6.30. The van der Waals surface area contributed by atoms with E-state index < -0.39 is 0 Å². The zero-order valence-electron chi connectivity index (χ0n) is 23.0. The predicted octanol–water partition coefficient (Wildman–Crippen LogP) is 8.92. The zero-order valence-corrected chi connectivity index (χ0v) is 28.8. The first-order valence-corrected chi connectivity index (χ1v) is 12.1.